The maximum atomic E-state index is 13.0. The van der Waals surface area contributed by atoms with Crippen molar-refractivity contribution >= 4 is 35.5 Å². The van der Waals surface area contributed by atoms with Gasteiger partial charge in [0.15, 0.2) is 0 Å². The summed E-state index contributed by atoms with van der Waals surface area (Å²) in [4.78, 5) is 75.4. The zero-order chi connectivity index (χ0) is 31.2. The van der Waals surface area contributed by atoms with Crippen LogP contribution in [-0.4, -0.2) is 79.4 Å². The van der Waals surface area contributed by atoms with Crippen molar-refractivity contribution in [3.63, 3.8) is 0 Å². The van der Waals surface area contributed by atoms with E-state index in [9.17, 15) is 28.8 Å². The number of carbonyl (C=O) groups is 6. The molecule has 0 spiro atoms. The highest BCUT2D eigenvalue weighted by molar-refractivity contribution is 5.96. The molecule has 40 heavy (non-hydrogen) atoms. The number of amides is 5. The number of nitrogens with two attached hydrogens (primary N) is 1. The summed E-state index contributed by atoms with van der Waals surface area (Å²) in [5.41, 5.74) is 3.93. The maximum absolute atomic E-state index is 13.0. The van der Waals surface area contributed by atoms with Gasteiger partial charge in [0.1, 0.15) is 23.7 Å². The highest BCUT2D eigenvalue weighted by atomic mass is 16.5. The van der Waals surface area contributed by atoms with Gasteiger partial charge < -0.3 is 37.1 Å². The van der Waals surface area contributed by atoms with Gasteiger partial charge in [-0.25, -0.2) is 4.79 Å². The Morgan fingerprint density at radius 2 is 1.35 bits per heavy atom. The molecule has 0 aromatic rings. The third-order valence-corrected chi connectivity index (χ3v) is 6.28. The first-order chi connectivity index (χ1) is 18.5. The molecule has 0 aliphatic carbocycles. The van der Waals surface area contributed by atoms with Crippen LogP contribution < -0.4 is 32.3 Å². The summed E-state index contributed by atoms with van der Waals surface area (Å²) >= 11 is 0. The van der Waals surface area contributed by atoms with E-state index in [1.54, 1.807) is 6.92 Å². The molecular weight excluding hydrogens is 520 g/mol. The van der Waals surface area contributed by atoms with Crippen molar-refractivity contribution in [3.8, 4) is 0 Å². The van der Waals surface area contributed by atoms with Crippen LogP contribution in [0.3, 0.4) is 0 Å². The van der Waals surface area contributed by atoms with Gasteiger partial charge in [-0.3, -0.25) is 24.0 Å². The molecule has 0 rings (SSSR count). The number of hydrogen-bond donors (Lipinski definition) is 6. The molecule has 4 atom stereocenters. The second kappa shape index (κ2) is 17.5. The van der Waals surface area contributed by atoms with Crippen LogP contribution in [0.2, 0.25) is 0 Å². The average Bonchev–Trinajstić information content (AvgIpc) is 2.87. The number of nitrogens with one attached hydrogen (secondary N) is 5. The summed E-state index contributed by atoms with van der Waals surface area (Å²) in [5.74, 6) is -3.51. The number of hydrogen-bond acceptors (Lipinski definition) is 8. The van der Waals surface area contributed by atoms with E-state index in [-0.39, 0.29) is 24.3 Å². The Balaban J connectivity index is 5.32. The predicted octanol–water partition coefficient (Wildman–Crippen LogP) is -0.278. The van der Waals surface area contributed by atoms with Gasteiger partial charge in [-0.05, 0) is 44.4 Å². The highest BCUT2D eigenvalue weighted by Gasteiger charge is 2.34. The summed E-state index contributed by atoms with van der Waals surface area (Å²) in [7, 11) is 1.24. The lowest BCUT2D eigenvalue weighted by Gasteiger charge is -2.29. The van der Waals surface area contributed by atoms with Crippen molar-refractivity contribution < 1.29 is 33.5 Å². The van der Waals surface area contributed by atoms with Crippen molar-refractivity contribution in [2.45, 2.75) is 98.3 Å². The van der Waals surface area contributed by atoms with E-state index >= 15 is 0 Å². The number of esters is 1. The largest absolute Gasteiger partial charge is 0.467 e. The minimum Gasteiger partial charge on any atom is -0.467 e. The molecule has 0 saturated heterocycles. The molecule has 0 radical (unpaired) electrons. The number of methoxy groups -OCH3 is 1. The third-order valence-electron chi connectivity index (χ3n) is 6.28. The molecule has 0 bridgehead atoms. The predicted molar refractivity (Wildman–Crippen MR) is 150 cm³/mol. The molecule has 0 unspecified atom stereocenters. The molecule has 0 aliphatic heterocycles. The highest BCUT2D eigenvalue weighted by Crippen LogP contribution is 2.12. The summed E-state index contributed by atoms with van der Waals surface area (Å²) in [6, 6.07) is -2.70. The number of ether oxygens (including phenoxy) is 1. The Kier molecular flexibility index (Phi) is 16.1. The molecular formula is C27H50N6O7. The average molecular weight is 571 g/mol. The SMILES string of the molecule is CC[C@H](C)[C@H](NC(=O)CNC(=O)C(C)(C)NC(=O)[C@H](CC(C)C)NC(=O)CN)C(=O)N[C@@H](CC(C)C)C(=O)OC. The quantitative estimate of drug-likeness (QED) is 0.128. The second-order valence-corrected chi connectivity index (χ2v) is 11.4. The monoisotopic (exact) mass is 570 g/mol. The molecule has 13 heteroatoms. The molecule has 0 aromatic carbocycles. The van der Waals surface area contributed by atoms with Gasteiger partial charge in [-0.2, -0.15) is 0 Å². The fourth-order valence-corrected chi connectivity index (χ4v) is 3.81. The number of rotatable bonds is 17. The van der Waals surface area contributed by atoms with Crippen molar-refractivity contribution in [1.29, 1.82) is 0 Å². The van der Waals surface area contributed by atoms with Gasteiger partial charge in [-0.1, -0.05) is 48.0 Å². The Morgan fingerprint density at radius 3 is 1.82 bits per heavy atom. The van der Waals surface area contributed by atoms with Crippen LogP contribution in [0.15, 0.2) is 0 Å². The van der Waals surface area contributed by atoms with E-state index < -0.39 is 65.7 Å². The first-order valence-electron chi connectivity index (χ1n) is 13.8. The summed E-state index contributed by atoms with van der Waals surface area (Å²) in [6.45, 7) is 13.4. The standard InChI is InChI=1S/C27H50N6O7/c1-10-17(6)22(24(37)31-19(12-16(4)5)25(38)40-9)32-21(35)14-29-26(39)27(7,8)33-23(36)18(11-15(2)3)30-20(34)13-28/h15-19,22H,10-14,28H2,1-9H3,(H,29,39)(H,30,34)(H,31,37)(H,32,35)(H,33,36)/t17-,18-,19-,22-/m0/s1. The molecule has 13 nitrogen and oxygen atoms in total. The zero-order valence-corrected chi connectivity index (χ0v) is 25.4. The molecule has 0 aromatic heterocycles. The van der Waals surface area contributed by atoms with Crippen LogP contribution in [0, 0.1) is 17.8 Å². The lowest BCUT2D eigenvalue weighted by molar-refractivity contribution is -0.146. The van der Waals surface area contributed by atoms with E-state index in [0.717, 1.165) is 0 Å². The second-order valence-electron chi connectivity index (χ2n) is 11.4. The number of carbonyl (C=O) groups excluding carboxylic acids is 6. The summed E-state index contributed by atoms with van der Waals surface area (Å²) < 4.78 is 4.80. The van der Waals surface area contributed by atoms with Gasteiger partial charge >= 0.3 is 5.97 Å². The minimum absolute atomic E-state index is 0.0818. The Bertz CT molecular complexity index is 891. The van der Waals surface area contributed by atoms with Crippen LogP contribution >= 0.6 is 0 Å². The minimum atomic E-state index is -1.42. The Morgan fingerprint density at radius 1 is 0.800 bits per heavy atom. The van der Waals surface area contributed by atoms with Crippen molar-refractivity contribution in [3.05, 3.63) is 0 Å². The van der Waals surface area contributed by atoms with Gasteiger partial charge in [0, 0.05) is 0 Å². The lowest BCUT2D eigenvalue weighted by Crippen LogP contribution is -2.61. The molecule has 5 amide bonds. The van der Waals surface area contributed by atoms with E-state index in [2.05, 4.69) is 26.6 Å². The molecule has 0 aliphatic rings. The maximum Gasteiger partial charge on any atom is 0.328 e. The van der Waals surface area contributed by atoms with E-state index in [1.165, 1.54) is 21.0 Å². The van der Waals surface area contributed by atoms with Crippen LogP contribution in [0.5, 0.6) is 0 Å². The van der Waals surface area contributed by atoms with Crippen molar-refractivity contribution in [2.24, 2.45) is 23.5 Å². The lowest BCUT2D eigenvalue weighted by atomic mass is 9.97. The fourth-order valence-electron chi connectivity index (χ4n) is 3.81. The molecule has 0 saturated carbocycles. The third kappa shape index (κ3) is 13.2. The summed E-state index contributed by atoms with van der Waals surface area (Å²) in [6.07, 6.45) is 1.27. The molecule has 0 heterocycles. The smallest absolute Gasteiger partial charge is 0.328 e. The molecule has 7 N–H and O–H groups in total. The van der Waals surface area contributed by atoms with Crippen LogP contribution in [-0.2, 0) is 33.5 Å². The van der Waals surface area contributed by atoms with Gasteiger partial charge in [-0.15, -0.1) is 0 Å². The molecule has 0 fully saturated rings. The van der Waals surface area contributed by atoms with Crippen LogP contribution in [0.1, 0.15) is 74.7 Å². The fraction of sp³-hybridized carbons (Fsp3) is 0.778. The van der Waals surface area contributed by atoms with Gasteiger partial charge in [0.05, 0.1) is 20.2 Å². The van der Waals surface area contributed by atoms with Gasteiger partial charge in [0.2, 0.25) is 29.5 Å². The van der Waals surface area contributed by atoms with E-state index in [1.807, 2.05) is 34.6 Å². The van der Waals surface area contributed by atoms with E-state index in [0.29, 0.717) is 19.3 Å². The first kappa shape index (κ1) is 36.8. The van der Waals surface area contributed by atoms with Crippen molar-refractivity contribution in [2.75, 3.05) is 20.2 Å². The van der Waals surface area contributed by atoms with E-state index in [4.69, 9.17) is 10.5 Å². The van der Waals surface area contributed by atoms with Crippen LogP contribution in [0.4, 0.5) is 0 Å². The van der Waals surface area contributed by atoms with Gasteiger partial charge in [0.25, 0.3) is 0 Å². The van der Waals surface area contributed by atoms with Crippen LogP contribution in [0.25, 0.3) is 0 Å². The normalized spacial score (nSPS) is 14.4. The topological polar surface area (TPSA) is 198 Å². The first-order valence-corrected chi connectivity index (χ1v) is 13.8. The summed E-state index contributed by atoms with van der Waals surface area (Å²) in [5, 5.41) is 12.9. The molecule has 230 valence electrons. The van der Waals surface area contributed by atoms with Crippen molar-refractivity contribution in [1.82, 2.24) is 26.6 Å². The Labute approximate surface area is 237 Å². The Hall–Kier alpha value is -3.22. The zero-order valence-electron chi connectivity index (χ0n) is 25.4.